The molecule has 2 rings (SSSR count). The summed E-state index contributed by atoms with van der Waals surface area (Å²) in [7, 11) is -3.64. The van der Waals surface area contributed by atoms with Crippen LogP contribution in [0.2, 0.25) is 0 Å². The summed E-state index contributed by atoms with van der Waals surface area (Å²) in [4.78, 5) is 28.0. The quantitative estimate of drug-likeness (QED) is 0.845. The second kappa shape index (κ2) is 5.25. The Kier molecular flexibility index (Phi) is 3.66. The Labute approximate surface area is 113 Å². The predicted octanol–water partition coefficient (Wildman–Crippen LogP) is 0.442. The number of hydrogen-bond acceptors (Lipinski definition) is 5. The van der Waals surface area contributed by atoms with Crippen molar-refractivity contribution < 1.29 is 18.3 Å². The van der Waals surface area contributed by atoms with E-state index in [0.29, 0.717) is 0 Å². The van der Waals surface area contributed by atoms with E-state index in [0.717, 1.165) is 6.20 Å². The van der Waals surface area contributed by atoms with Gasteiger partial charge in [-0.15, -0.1) is 0 Å². The lowest BCUT2D eigenvalue weighted by Gasteiger charge is -2.04. The van der Waals surface area contributed by atoms with E-state index in [-0.39, 0.29) is 10.7 Å². The molecule has 1 aromatic carbocycles. The van der Waals surface area contributed by atoms with Crippen LogP contribution in [0.4, 0.5) is 0 Å². The summed E-state index contributed by atoms with van der Waals surface area (Å²) in [5, 5.41) is 8.69. The number of sulfone groups is 1. The smallest absolute Gasteiger partial charge is 0.342 e. The number of nitrogens with one attached hydrogen (secondary N) is 1. The molecule has 0 aliphatic rings. The van der Waals surface area contributed by atoms with Crippen molar-refractivity contribution >= 4 is 15.8 Å². The van der Waals surface area contributed by atoms with E-state index in [4.69, 9.17) is 5.11 Å². The first-order valence-electron chi connectivity index (χ1n) is 5.49. The van der Waals surface area contributed by atoms with E-state index in [1.807, 2.05) is 0 Å². The number of carboxylic acids is 1. The van der Waals surface area contributed by atoms with Crippen molar-refractivity contribution in [2.45, 2.75) is 10.6 Å². The lowest BCUT2D eigenvalue weighted by atomic mass is 10.3. The number of carboxylic acid groups (broad SMARTS) is 1. The van der Waals surface area contributed by atoms with Gasteiger partial charge in [-0.05, 0) is 12.1 Å². The molecular weight excluding hydrogens is 284 g/mol. The second-order valence-corrected chi connectivity index (χ2v) is 5.94. The van der Waals surface area contributed by atoms with Crippen LogP contribution >= 0.6 is 0 Å². The molecule has 1 heterocycles. The molecule has 1 aromatic heterocycles. The first-order valence-corrected chi connectivity index (χ1v) is 7.14. The Balaban J connectivity index is 2.34. The van der Waals surface area contributed by atoms with Crippen LogP contribution in [0, 0.1) is 0 Å². The van der Waals surface area contributed by atoms with Gasteiger partial charge in [-0.2, -0.15) is 0 Å². The molecule has 0 saturated carbocycles. The lowest BCUT2D eigenvalue weighted by Crippen LogP contribution is -2.21. The molecule has 104 valence electrons. The van der Waals surface area contributed by atoms with Crippen molar-refractivity contribution in [3.8, 4) is 0 Å². The fourth-order valence-electron chi connectivity index (χ4n) is 1.55. The Hall–Kier alpha value is -2.48. The van der Waals surface area contributed by atoms with Crippen molar-refractivity contribution in [3.63, 3.8) is 0 Å². The van der Waals surface area contributed by atoms with Gasteiger partial charge < -0.3 is 10.1 Å². The Morgan fingerprint density at radius 1 is 1.25 bits per heavy atom. The number of rotatable bonds is 4. The highest BCUT2D eigenvalue weighted by atomic mass is 32.2. The van der Waals surface area contributed by atoms with Crippen LogP contribution in [-0.4, -0.2) is 29.5 Å². The highest BCUT2D eigenvalue weighted by molar-refractivity contribution is 7.90. The summed E-state index contributed by atoms with van der Waals surface area (Å²) in [6, 6.07) is 7.70. The topological polar surface area (TPSA) is 117 Å². The standard InChI is InChI=1S/C12H10N2O5S/c15-11-9(12(16)17)6-13-10(14-11)7-20(18,19)8-4-2-1-3-5-8/h1-6H,7H2,(H,16,17)(H,13,14,15). The fraction of sp³-hybridized carbons (Fsp3) is 0.0833. The molecular formula is C12H10N2O5S. The molecule has 0 radical (unpaired) electrons. The zero-order valence-electron chi connectivity index (χ0n) is 10.1. The third-order valence-electron chi connectivity index (χ3n) is 2.51. The maximum atomic E-state index is 12.1. The Morgan fingerprint density at radius 3 is 2.45 bits per heavy atom. The number of benzene rings is 1. The zero-order chi connectivity index (χ0) is 14.8. The van der Waals surface area contributed by atoms with Gasteiger partial charge in [-0.1, -0.05) is 18.2 Å². The zero-order valence-corrected chi connectivity index (χ0v) is 10.9. The molecule has 0 bridgehead atoms. The summed E-state index contributed by atoms with van der Waals surface area (Å²) < 4.78 is 24.1. The van der Waals surface area contributed by atoms with Crippen LogP contribution in [0.1, 0.15) is 16.2 Å². The summed E-state index contributed by atoms with van der Waals surface area (Å²) in [6.07, 6.45) is 0.844. The summed E-state index contributed by atoms with van der Waals surface area (Å²) in [5.41, 5.74) is -1.42. The molecule has 7 nitrogen and oxygen atoms in total. The van der Waals surface area contributed by atoms with Crippen molar-refractivity contribution in [3.05, 3.63) is 58.3 Å². The monoisotopic (exact) mass is 294 g/mol. The average Bonchev–Trinajstić information content (AvgIpc) is 2.39. The van der Waals surface area contributed by atoms with Crippen LogP contribution < -0.4 is 5.56 Å². The molecule has 2 aromatic rings. The van der Waals surface area contributed by atoms with Crippen LogP contribution in [0.15, 0.2) is 46.2 Å². The minimum atomic E-state index is -3.64. The molecule has 8 heteroatoms. The second-order valence-electron chi connectivity index (χ2n) is 3.95. The van der Waals surface area contributed by atoms with Crippen molar-refractivity contribution in [1.82, 2.24) is 9.97 Å². The van der Waals surface area contributed by atoms with Gasteiger partial charge in [0.2, 0.25) is 0 Å². The third kappa shape index (κ3) is 2.91. The minimum absolute atomic E-state index is 0.102. The molecule has 0 amide bonds. The Bertz CT molecular complexity index is 796. The normalized spacial score (nSPS) is 11.2. The largest absolute Gasteiger partial charge is 0.477 e. The maximum Gasteiger partial charge on any atom is 0.342 e. The van der Waals surface area contributed by atoms with Crippen molar-refractivity contribution in [1.29, 1.82) is 0 Å². The number of aromatic amines is 1. The van der Waals surface area contributed by atoms with Crippen LogP contribution in [0.25, 0.3) is 0 Å². The molecule has 0 aliphatic heterocycles. The van der Waals surface area contributed by atoms with Gasteiger partial charge in [0.25, 0.3) is 5.56 Å². The average molecular weight is 294 g/mol. The first-order chi connectivity index (χ1) is 9.40. The van der Waals surface area contributed by atoms with Gasteiger partial charge in [0.15, 0.2) is 9.84 Å². The number of carbonyl (C=O) groups is 1. The summed E-state index contributed by atoms with van der Waals surface area (Å²) >= 11 is 0. The van der Waals surface area contributed by atoms with E-state index < -0.39 is 32.7 Å². The summed E-state index contributed by atoms with van der Waals surface area (Å²) in [6.45, 7) is 0. The molecule has 0 spiro atoms. The number of H-pyrrole nitrogens is 1. The van der Waals surface area contributed by atoms with E-state index in [9.17, 15) is 18.0 Å². The lowest BCUT2D eigenvalue weighted by molar-refractivity contribution is 0.0694. The van der Waals surface area contributed by atoms with Gasteiger partial charge in [-0.25, -0.2) is 18.2 Å². The molecule has 0 aliphatic carbocycles. The highest BCUT2D eigenvalue weighted by Gasteiger charge is 2.18. The number of aromatic carboxylic acids is 1. The number of hydrogen-bond donors (Lipinski definition) is 2. The van der Waals surface area contributed by atoms with Gasteiger partial charge in [0, 0.05) is 6.20 Å². The van der Waals surface area contributed by atoms with Gasteiger partial charge in [0.05, 0.1) is 4.90 Å². The van der Waals surface area contributed by atoms with Gasteiger partial charge in [0.1, 0.15) is 17.1 Å². The number of aromatic nitrogens is 2. The van der Waals surface area contributed by atoms with E-state index in [1.165, 1.54) is 12.1 Å². The van der Waals surface area contributed by atoms with Crippen LogP contribution in [0.5, 0.6) is 0 Å². The highest BCUT2D eigenvalue weighted by Crippen LogP contribution is 2.13. The van der Waals surface area contributed by atoms with E-state index >= 15 is 0 Å². The van der Waals surface area contributed by atoms with E-state index in [1.54, 1.807) is 18.2 Å². The molecule has 20 heavy (non-hydrogen) atoms. The summed E-state index contributed by atoms with van der Waals surface area (Å²) in [5.74, 6) is -2.04. The molecule has 0 saturated heterocycles. The Morgan fingerprint density at radius 2 is 1.90 bits per heavy atom. The van der Waals surface area contributed by atoms with Gasteiger partial charge in [-0.3, -0.25) is 4.79 Å². The van der Waals surface area contributed by atoms with Crippen LogP contribution in [0.3, 0.4) is 0 Å². The first kappa shape index (κ1) is 13.9. The number of nitrogens with zero attached hydrogens (tertiary/aromatic N) is 1. The van der Waals surface area contributed by atoms with Gasteiger partial charge >= 0.3 is 5.97 Å². The molecule has 0 fully saturated rings. The molecule has 0 unspecified atom stereocenters. The SMILES string of the molecule is O=C(O)c1cnc(CS(=O)(=O)c2ccccc2)[nH]c1=O. The fourth-order valence-corrected chi connectivity index (χ4v) is 2.79. The van der Waals surface area contributed by atoms with Crippen LogP contribution in [-0.2, 0) is 15.6 Å². The van der Waals surface area contributed by atoms with Crippen molar-refractivity contribution in [2.24, 2.45) is 0 Å². The maximum absolute atomic E-state index is 12.1. The predicted molar refractivity (Wildman–Crippen MR) is 69.1 cm³/mol. The molecule has 0 atom stereocenters. The minimum Gasteiger partial charge on any atom is -0.477 e. The van der Waals surface area contributed by atoms with E-state index in [2.05, 4.69) is 9.97 Å². The third-order valence-corrected chi connectivity index (χ3v) is 4.16. The van der Waals surface area contributed by atoms with Crippen molar-refractivity contribution in [2.75, 3.05) is 0 Å². The molecule has 2 N–H and O–H groups in total.